The third kappa shape index (κ3) is 3.21. The maximum absolute atomic E-state index is 12.8. The summed E-state index contributed by atoms with van der Waals surface area (Å²) in [5.74, 6) is 0. The first-order valence-corrected chi connectivity index (χ1v) is 10.4. The molecule has 1 saturated heterocycles. The zero-order valence-electron chi connectivity index (χ0n) is 15.4. The Morgan fingerprint density at radius 2 is 1.93 bits per heavy atom. The van der Waals surface area contributed by atoms with Gasteiger partial charge in [-0.25, -0.2) is 4.79 Å². The van der Waals surface area contributed by atoms with E-state index in [1.165, 1.54) is 21.2 Å². The molecule has 0 radical (unpaired) electrons. The number of hydrogen-bond donors (Lipinski definition) is 0. The van der Waals surface area contributed by atoms with E-state index in [4.69, 9.17) is 9.47 Å². The molecule has 2 bridgehead atoms. The molecule has 2 unspecified atom stereocenters. The van der Waals surface area contributed by atoms with E-state index in [0.717, 1.165) is 12.0 Å². The second-order valence-electron chi connectivity index (χ2n) is 7.25. The van der Waals surface area contributed by atoms with Crippen molar-refractivity contribution in [2.75, 3.05) is 13.2 Å². The Kier molecular flexibility index (Phi) is 4.63. The summed E-state index contributed by atoms with van der Waals surface area (Å²) < 4.78 is 12.6. The molecule has 3 aromatic rings. The predicted molar refractivity (Wildman–Crippen MR) is 111 cm³/mol. The Morgan fingerprint density at radius 1 is 1.11 bits per heavy atom. The van der Waals surface area contributed by atoms with Crippen LogP contribution in [0.5, 0.6) is 0 Å². The van der Waals surface area contributed by atoms with Crippen molar-refractivity contribution in [3.8, 4) is 0 Å². The van der Waals surface area contributed by atoms with Crippen LogP contribution in [0.3, 0.4) is 0 Å². The molecule has 142 valence electrons. The highest BCUT2D eigenvalue weighted by Gasteiger charge is 2.39. The molecule has 5 rings (SSSR count). The second-order valence-corrected chi connectivity index (χ2v) is 8.16. The molecule has 1 aromatic heterocycles. The van der Waals surface area contributed by atoms with Crippen LogP contribution in [0.1, 0.15) is 17.5 Å². The third-order valence-electron chi connectivity index (χ3n) is 5.44. The van der Waals surface area contributed by atoms with Crippen molar-refractivity contribution in [2.45, 2.75) is 25.1 Å². The molecule has 4 nitrogen and oxygen atoms in total. The minimum absolute atomic E-state index is 0.0145. The molecule has 1 fully saturated rings. The average Bonchev–Trinajstić information content (AvgIpc) is 3.16. The number of rotatable bonds is 3. The Balaban J connectivity index is 1.38. The maximum Gasteiger partial charge on any atom is 0.411 e. The van der Waals surface area contributed by atoms with Crippen molar-refractivity contribution in [3.05, 3.63) is 77.2 Å². The van der Waals surface area contributed by atoms with Crippen LogP contribution < -0.4 is 0 Å². The lowest BCUT2D eigenvalue weighted by molar-refractivity contribution is -0.0342. The summed E-state index contributed by atoms with van der Waals surface area (Å²) in [6, 6.07) is 18.2. The number of morpholine rings is 1. The fourth-order valence-electron chi connectivity index (χ4n) is 4.10. The second kappa shape index (κ2) is 7.41. The van der Waals surface area contributed by atoms with E-state index < -0.39 is 0 Å². The molecule has 5 heteroatoms. The topological polar surface area (TPSA) is 38.8 Å². The van der Waals surface area contributed by atoms with Gasteiger partial charge in [-0.3, -0.25) is 4.90 Å². The highest BCUT2D eigenvalue weighted by atomic mass is 32.1. The van der Waals surface area contributed by atoms with E-state index in [1.807, 2.05) is 35.2 Å². The summed E-state index contributed by atoms with van der Waals surface area (Å²) in [5, 5.41) is 3.52. The van der Waals surface area contributed by atoms with Crippen molar-refractivity contribution >= 4 is 33.1 Å². The monoisotopic (exact) mass is 391 g/mol. The standard InChI is InChI=1S/C23H21NO3S/c25-23(27-12-16-6-2-1-3-7-16)24-18-10-17(11-19(24)14-26-13-18)21-15-28-22-9-5-4-8-20(21)22/h1-10,15,18-19H,11-14H2. The quantitative estimate of drug-likeness (QED) is 0.624. The lowest BCUT2D eigenvalue weighted by atomic mass is 9.90. The van der Waals surface area contributed by atoms with Gasteiger partial charge in [0.25, 0.3) is 0 Å². The van der Waals surface area contributed by atoms with E-state index >= 15 is 0 Å². The Hall–Kier alpha value is -2.63. The van der Waals surface area contributed by atoms with Gasteiger partial charge in [-0.05, 0) is 40.0 Å². The van der Waals surface area contributed by atoms with Crippen LogP contribution in [0.15, 0.2) is 66.1 Å². The van der Waals surface area contributed by atoms with Crippen LogP contribution in [0, 0.1) is 0 Å². The Bertz CT molecular complexity index is 1030. The first kappa shape index (κ1) is 17.5. The van der Waals surface area contributed by atoms with Crippen LogP contribution in [0.2, 0.25) is 0 Å². The number of fused-ring (bicyclic) bond motifs is 3. The van der Waals surface area contributed by atoms with E-state index in [1.54, 1.807) is 11.3 Å². The number of hydrogen-bond acceptors (Lipinski definition) is 4. The fraction of sp³-hybridized carbons (Fsp3) is 0.261. The third-order valence-corrected chi connectivity index (χ3v) is 6.41. The number of carbonyl (C=O) groups is 1. The van der Waals surface area contributed by atoms with E-state index in [9.17, 15) is 4.79 Å². The van der Waals surface area contributed by atoms with Crippen LogP contribution in [0.4, 0.5) is 4.79 Å². The SMILES string of the molecule is O=C(OCc1ccccc1)N1C2C=C(c3csc4ccccc34)CC1COC2. The molecule has 2 aliphatic heterocycles. The van der Waals surface area contributed by atoms with Gasteiger partial charge in [0.05, 0.1) is 25.3 Å². The lowest BCUT2D eigenvalue weighted by Crippen LogP contribution is -2.56. The Morgan fingerprint density at radius 3 is 2.79 bits per heavy atom. The average molecular weight is 391 g/mol. The minimum Gasteiger partial charge on any atom is -0.445 e. The summed E-state index contributed by atoms with van der Waals surface area (Å²) in [4.78, 5) is 14.7. The largest absolute Gasteiger partial charge is 0.445 e. The molecule has 2 atom stereocenters. The first-order chi connectivity index (χ1) is 13.8. The van der Waals surface area contributed by atoms with Gasteiger partial charge in [0.2, 0.25) is 0 Å². The van der Waals surface area contributed by atoms with Gasteiger partial charge in [-0.2, -0.15) is 0 Å². The van der Waals surface area contributed by atoms with Crippen molar-refractivity contribution in [1.29, 1.82) is 0 Å². The first-order valence-electron chi connectivity index (χ1n) is 9.53. The van der Waals surface area contributed by atoms with Crippen LogP contribution in [-0.2, 0) is 16.1 Å². The summed E-state index contributed by atoms with van der Waals surface area (Å²) in [6.07, 6.45) is 2.72. The van der Waals surface area contributed by atoms with Gasteiger partial charge in [0.15, 0.2) is 0 Å². The summed E-state index contributed by atoms with van der Waals surface area (Å²) in [5.41, 5.74) is 3.59. The van der Waals surface area contributed by atoms with Gasteiger partial charge in [-0.1, -0.05) is 54.6 Å². The number of carbonyl (C=O) groups excluding carboxylic acids is 1. The van der Waals surface area contributed by atoms with Gasteiger partial charge in [-0.15, -0.1) is 11.3 Å². The van der Waals surface area contributed by atoms with E-state index in [-0.39, 0.29) is 18.2 Å². The maximum atomic E-state index is 12.8. The summed E-state index contributed by atoms with van der Waals surface area (Å²) >= 11 is 1.77. The highest BCUT2D eigenvalue weighted by molar-refractivity contribution is 7.17. The summed E-state index contributed by atoms with van der Waals surface area (Å²) in [7, 11) is 0. The smallest absolute Gasteiger partial charge is 0.411 e. The van der Waals surface area contributed by atoms with Crippen LogP contribution >= 0.6 is 11.3 Å². The fourth-order valence-corrected chi connectivity index (χ4v) is 5.09. The molecule has 2 aliphatic rings. The van der Waals surface area contributed by atoms with Gasteiger partial charge < -0.3 is 9.47 Å². The predicted octanol–water partition coefficient (Wildman–Crippen LogP) is 5.09. The molecule has 0 saturated carbocycles. The molecule has 0 N–H and O–H groups in total. The molecule has 0 aliphatic carbocycles. The molecule has 3 heterocycles. The lowest BCUT2D eigenvalue weighted by Gasteiger charge is -2.43. The van der Waals surface area contributed by atoms with Crippen molar-refractivity contribution in [2.24, 2.45) is 0 Å². The number of nitrogens with zero attached hydrogens (tertiary/aromatic N) is 1. The number of ether oxygens (including phenoxy) is 2. The van der Waals surface area contributed by atoms with Crippen molar-refractivity contribution in [1.82, 2.24) is 4.90 Å². The minimum atomic E-state index is -0.257. The van der Waals surface area contributed by atoms with Crippen LogP contribution in [0.25, 0.3) is 15.7 Å². The normalized spacial score (nSPS) is 21.4. The molecule has 2 aromatic carbocycles. The zero-order valence-corrected chi connectivity index (χ0v) is 16.2. The number of amides is 1. The van der Waals surface area contributed by atoms with Crippen molar-refractivity contribution < 1.29 is 14.3 Å². The number of benzene rings is 2. The number of thiophene rings is 1. The molecule has 28 heavy (non-hydrogen) atoms. The van der Waals surface area contributed by atoms with E-state index in [0.29, 0.717) is 19.8 Å². The van der Waals surface area contributed by atoms with E-state index in [2.05, 4.69) is 35.7 Å². The van der Waals surface area contributed by atoms with Gasteiger partial charge in [0.1, 0.15) is 6.61 Å². The molecular weight excluding hydrogens is 370 g/mol. The van der Waals surface area contributed by atoms with Crippen LogP contribution in [-0.4, -0.2) is 36.3 Å². The summed E-state index contributed by atoms with van der Waals surface area (Å²) in [6.45, 7) is 1.36. The Labute approximate surface area is 168 Å². The van der Waals surface area contributed by atoms with Gasteiger partial charge in [0, 0.05) is 4.70 Å². The molecule has 1 amide bonds. The van der Waals surface area contributed by atoms with Gasteiger partial charge >= 0.3 is 6.09 Å². The highest BCUT2D eigenvalue weighted by Crippen LogP contribution is 2.38. The molecular formula is C23H21NO3S. The zero-order chi connectivity index (χ0) is 18.9. The molecule has 0 spiro atoms. The van der Waals surface area contributed by atoms with Crippen molar-refractivity contribution in [3.63, 3.8) is 0 Å².